The molecule has 2 aromatic rings. The molecule has 0 saturated carbocycles. The number of likely N-dealkylation sites (N-methyl/N-ethyl adjacent to an activating group) is 1. The number of nitrogens with zero attached hydrogens (tertiary/aromatic N) is 2. The number of carbonyl (C=O) groups excluding carboxylic acids is 3. The van der Waals surface area contributed by atoms with E-state index in [1.165, 1.54) is 35.6 Å². The van der Waals surface area contributed by atoms with Gasteiger partial charge in [0.1, 0.15) is 5.01 Å². The molecule has 0 spiro atoms. The third-order valence-corrected chi connectivity index (χ3v) is 5.09. The van der Waals surface area contributed by atoms with Crippen LogP contribution in [-0.4, -0.2) is 81.3 Å². The summed E-state index contributed by atoms with van der Waals surface area (Å²) in [7, 11) is 1.47. The van der Waals surface area contributed by atoms with E-state index in [2.05, 4.69) is 15.6 Å². The average molecular weight is 438 g/mol. The summed E-state index contributed by atoms with van der Waals surface area (Å²) in [6.07, 6.45) is 3.80. The van der Waals surface area contributed by atoms with Crippen LogP contribution in [0.5, 0.6) is 0 Å². The van der Waals surface area contributed by atoms with Crippen molar-refractivity contribution in [2.24, 2.45) is 0 Å². The molecule has 1 aliphatic rings. The molecule has 11 heteroatoms. The summed E-state index contributed by atoms with van der Waals surface area (Å²) in [4.78, 5) is 53.2. The molecule has 0 fully saturated rings. The number of nitrogens with one attached hydrogen (secondary N) is 2. The van der Waals surface area contributed by atoms with Crippen molar-refractivity contribution in [3.63, 3.8) is 0 Å². The maximum atomic E-state index is 12.4. The zero-order valence-corrected chi connectivity index (χ0v) is 16.2. The fourth-order valence-corrected chi connectivity index (χ4v) is 3.46. The molecule has 1 aromatic heterocycles. The van der Waals surface area contributed by atoms with Gasteiger partial charge in [-0.3, -0.25) is 14.4 Å². The van der Waals surface area contributed by atoms with Gasteiger partial charge in [-0.15, -0.1) is 11.3 Å². The number of ketones is 1. The number of aromatic nitrogens is 1. The number of urea groups is 1. The van der Waals surface area contributed by atoms with E-state index in [0.717, 1.165) is 10.6 Å². The summed E-state index contributed by atoms with van der Waals surface area (Å²) in [6.45, 7) is 0. The fraction of sp³-hybridized carbons (Fsp3) is 0.211. The number of amides is 3. The number of rotatable bonds is 6. The minimum absolute atomic E-state index is 0. The van der Waals surface area contributed by atoms with E-state index >= 15 is 0 Å². The molecular weight excluding hydrogens is 419 g/mol. The number of thiazole rings is 1. The molecule has 0 bridgehead atoms. The van der Waals surface area contributed by atoms with Gasteiger partial charge in [-0.05, 0) is 11.6 Å². The zero-order valence-electron chi connectivity index (χ0n) is 15.4. The Morgan fingerprint density at radius 2 is 2.10 bits per heavy atom. The molecular formula is C19H19N4NaO5S. The number of aliphatic carboxylic acids is 1. The van der Waals surface area contributed by atoms with Gasteiger partial charge < -0.3 is 20.6 Å². The van der Waals surface area contributed by atoms with Gasteiger partial charge in [-0.2, -0.15) is 0 Å². The van der Waals surface area contributed by atoms with Crippen molar-refractivity contribution in [3.05, 3.63) is 53.7 Å². The zero-order chi connectivity index (χ0) is 21.0. The van der Waals surface area contributed by atoms with Crippen LogP contribution in [0.2, 0.25) is 0 Å². The normalized spacial score (nSPS) is 16.6. The molecule has 0 radical (unpaired) electrons. The van der Waals surface area contributed by atoms with Gasteiger partial charge in [0, 0.05) is 36.5 Å². The van der Waals surface area contributed by atoms with Gasteiger partial charge in [-0.1, -0.05) is 18.2 Å². The second-order valence-corrected chi connectivity index (χ2v) is 7.23. The van der Waals surface area contributed by atoms with Gasteiger partial charge in [-0.25, -0.2) is 9.78 Å². The first-order valence-electron chi connectivity index (χ1n) is 8.62. The van der Waals surface area contributed by atoms with Crippen molar-refractivity contribution in [2.75, 3.05) is 7.05 Å². The molecule has 30 heavy (non-hydrogen) atoms. The molecule has 0 saturated heterocycles. The van der Waals surface area contributed by atoms with Gasteiger partial charge in [0.05, 0.1) is 12.5 Å². The Morgan fingerprint density at radius 3 is 2.77 bits per heavy atom. The summed E-state index contributed by atoms with van der Waals surface area (Å²) < 4.78 is 0. The Labute approximate surface area is 198 Å². The van der Waals surface area contributed by atoms with E-state index in [9.17, 15) is 24.3 Å². The van der Waals surface area contributed by atoms with Crippen LogP contribution >= 0.6 is 11.3 Å². The first-order chi connectivity index (χ1) is 13.8. The standard InChI is InChI=1S/C19H18N4O5S.Na.H/c1-23-7-5-14(24)16(18(23)27)22-19(28)21-13(10-15(25)26)11-3-2-4-12(9-11)17-20-6-8-29-17;;/h2-9,13,16H,10H2,1H3,(H,25,26)(H2,21,22,28);;/t13-,16?;;/m0../s1. The topological polar surface area (TPSA) is 129 Å². The predicted octanol–water partition coefficient (Wildman–Crippen LogP) is 0.900. The van der Waals surface area contributed by atoms with Crippen molar-refractivity contribution >= 4 is 64.6 Å². The Morgan fingerprint density at radius 1 is 1.33 bits per heavy atom. The first kappa shape index (κ1) is 23.7. The molecule has 152 valence electrons. The molecule has 1 aromatic carbocycles. The number of hydrogen-bond donors (Lipinski definition) is 3. The van der Waals surface area contributed by atoms with Crippen LogP contribution in [0.15, 0.2) is 48.1 Å². The third kappa shape index (κ3) is 5.76. The van der Waals surface area contributed by atoms with Crippen molar-refractivity contribution < 1.29 is 24.3 Å². The fourth-order valence-electron chi connectivity index (χ4n) is 2.83. The van der Waals surface area contributed by atoms with Gasteiger partial charge in [0.2, 0.25) is 0 Å². The first-order valence-corrected chi connectivity index (χ1v) is 9.50. The van der Waals surface area contributed by atoms with Crippen LogP contribution in [0.3, 0.4) is 0 Å². The van der Waals surface area contributed by atoms with Gasteiger partial charge in [0.25, 0.3) is 5.91 Å². The Kier molecular flexibility index (Phi) is 8.30. The molecule has 1 unspecified atom stereocenters. The van der Waals surface area contributed by atoms with Crippen LogP contribution < -0.4 is 10.6 Å². The van der Waals surface area contributed by atoms with E-state index in [0.29, 0.717) is 5.56 Å². The summed E-state index contributed by atoms with van der Waals surface area (Å²) in [6, 6.07) is 3.99. The van der Waals surface area contributed by atoms with Crippen LogP contribution in [0.25, 0.3) is 10.6 Å². The second-order valence-electron chi connectivity index (χ2n) is 6.33. The molecule has 9 nitrogen and oxygen atoms in total. The van der Waals surface area contributed by atoms with Crippen LogP contribution in [0, 0.1) is 0 Å². The van der Waals surface area contributed by atoms with Crippen molar-refractivity contribution in [1.29, 1.82) is 0 Å². The number of benzene rings is 1. The quantitative estimate of drug-likeness (QED) is 0.454. The molecule has 1 aliphatic heterocycles. The molecule has 2 atom stereocenters. The van der Waals surface area contributed by atoms with Crippen molar-refractivity contribution in [2.45, 2.75) is 18.5 Å². The van der Waals surface area contributed by atoms with Crippen LogP contribution in [-0.2, 0) is 14.4 Å². The number of carbonyl (C=O) groups is 4. The van der Waals surface area contributed by atoms with E-state index in [-0.39, 0.29) is 36.0 Å². The Hall–Kier alpha value is -2.53. The SMILES string of the molecule is CN1C=CC(=O)C(NC(=O)N[C@@H](CC(=O)O)c2cccc(-c3nccs3)c2)C1=O.[NaH]. The summed E-state index contributed by atoms with van der Waals surface area (Å²) in [5, 5.41) is 16.7. The summed E-state index contributed by atoms with van der Waals surface area (Å²) in [5.74, 6) is -2.24. The minimum atomic E-state index is -1.35. The molecule has 3 amide bonds. The summed E-state index contributed by atoms with van der Waals surface area (Å²) in [5.41, 5.74) is 1.35. The number of carboxylic acids is 1. The van der Waals surface area contributed by atoms with E-state index in [1.807, 2.05) is 11.4 Å². The average Bonchev–Trinajstić information content (AvgIpc) is 3.22. The third-order valence-electron chi connectivity index (χ3n) is 4.27. The monoisotopic (exact) mass is 438 g/mol. The predicted molar refractivity (Wildman–Crippen MR) is 112 cm³/mol. The molecule has 0 aliphatic carbocycles. The molecule has 3 N–H and O–H groups in total. The van der Waals surface area contributed by atoms with E-state index in [4.69, 9.17) is 0 Å². The van der Waals surface area contributed by atoms with Crippen molar-refractivity contribution in [3.8, 4) is 10.6 Å². The van der Waals surface area contributed by atoms with Crippen LogP contribution in [0.4, 0.5) is 4.79 Å². The van der Waals surface area contributed by atoms with E-state index < -0.39 is 35.8 Å². The van der Waals surface area contributed by atoms with Crippen LogP contribution in [0.1, 0.15) is 18.0 Å². The van der Waals surface area contributed by atoms with Gasteiger partial charge >= 0.3 is 41.6 Å². The second kappa shape index (κ2) is 10.5. The molecule has 3 rings (SSSR count). The van der Waals surface area contributed by atoms with Gasteiger partial charge in [0.15, 0.2) is 11.8 Å². The molecule has 2 heterocycles. The van der Waals surface area contributed by atoms with E-state index in [1.54, 1.807) is 24.4 Å². The Bertz CT molecular complexity index is 979. The maximum absolute atomic E-state index is 12.4. The summed E-state index contributed by atoms with van der Waals surface area (Å²) >= 11 is 1.44. The van der Waals surface area contributed by atoms with Crippen molar-refractivity contribution in [1.82, 2.24) is 20.5 Å². The number of carboxylic acid groups (broad SMARTS) is 1. The number of hydrogen-bond acceptors (Lipinski definition) is 6. The Balaban J connectivity index is 0.00000320.